The van der Waals surface area contributed by atoms with E-state index in [1.54, 1.807) is 26.1 Å². The highest BCUT2D eigenvalue weighted by molar-refractivity contribution is 7.88. The van der Waals surface area contributed by atoms with Crippen LogP contribution in [0, 0.1) is 17.8 Å². The van der Waals surface area contributed by atoms with Crippen LogP contribution in [0.3, 0.4) is 0 Å². The highest BCUT2D eigenvalue weighted by Gasteiger charge is 2.47. The van der Waals surface area contributed by atoms with E-state index in [2.05, 4.69) is 15.1 Å². The second kappa shape index (κ2) is 11.6. The third-order valence-electron chi connectivity index (χ3n) is 7.19. The lowest BCUT2D eigenvalue weighted by Crippen LogP contribution is -2.51. The lowest BCUT2D eigenvalue weighted by Gasteiger charge is -2.48. The fraction of sp³-hybridized carbons (Fsp3) is 0.731. The number of hydrogen-bond donors (Lipinski definition) is 3. The Hall–Kier alpha value is -2.60. The van der Waals surface area contributed by atoms with Crippen molar-refractivity contribution in [3.63, 3.8) is 0 Å². The van der Waals surface area contributed by atoms with E-state index in [9.17, 15) is 18.0 Å². The first-order valence-electron chi connectivity index (χ1n) is 13.3. The van der Waals surface area contributed by atoms with Crippen LogP contribution in [0.25, 0.3) is 6.20 Å². The predicted octanol–water partition coefficient (Wildman–Crippen LogP) is 3.27. The average Bonchev–Trinajstić information content (AvgIpc) is 3.16. The van der Waals surface area contributed by atoms with Gasteiger partial charge in [-0.3, -0.25) is 4.79 Å². The maximum absolute atomic E-state index is 13.4. The molecule has 38 heavy (non-hydrogen) atoms. The van der Waals surface area contributed by atoms with Crippen molar-refractivity contribution in [1.82, 2.24) is 19.8 Å². The van der Waals surface area contributed by atoms with Crippen molar-refractivity contribution in [2.75, 3.05) is 12.9 Å². The van der Waals surface area contributed by atoms with Crippen molar-refractivity contribution in [3.05, 3.63) is 17.8 Å². The Morgan fingerprint density at radius 2 is 2.03 bits per heavy atom. The minimum Gasteiger partial charge on any atom is -0.477 e. The van der Waals surface area contributed by atoms with Gasteiger partial charge in [0, 0.05) is 17.8 Å². The number of carbonyl (C=O) groups is 2. The Labute approximate surface area is 225 Å². The molecule has 2 aliphatic carbocycles. The van der Waals surface area contributed by atoms with E-state index in [-0.39, 0.29) is 35.2 Å². The van der Waals surface area contributed by atoms with Crippen LogP contribution in [0.5, 0.6) is 5.88 Å². The van der Waals surface area contributed by atoms with Gasteiger partial charge in [0.1, 0.15) is 11.2 Å². The lowest BCUT2D eigenvalue weighted by molar-refractivity contribution is -0.0766. The number of carbonyl (C=O) groups excluding carboxylic acids is 2. The number of hydrogen-bond acceptors (Lipinski definition) is 7. The molecule has 11 nitrogen and oxygen atoms in total. The van der Waals surface area contributed by atoms with Crippen molar-refractivity contribution in [3.8, 4) is 5.88 Å². The molecule has 1 aromatic rings. The van der Waals surface area contributed by atoms with Crippen molar-refractivity contribution in [2.24, 2.45) is 23.5 Å². The van der Waals surface area contributed by atoms with Gasteiger partial charge in [-0.15, -0.1) is 0 Å². The van der Waals surface area contributed by atoms with Crippen molar-refractivity contribution in [2.45, 2.75) is 90.3 Å². The number of amides is 2. The van der Waals surface area contributed by atoms with E-state index in [0.29, 0.717) is 18.9 Å². The van der Waals surface area contributed by atoms with Crippen LogP contribution in [0.4, 0.5) is 4.79 Å². The van der Waals surface area contributed by atoms with Crippen LogP contribution >= 0.6 is 0 Å². The molecule has 3 rings (SSSR count). The van der Waals surface area contributed by atoms with E-state index in [4.69, 9.17) is 15.2 Å². The third kappa shape index (κ3) is 8.20. The SMILES string of the molecule is CC(C)COc1c(C(=O)NC(C)C2CC3CCC[C@@](OC(N)=O)(C3)C2)cnn1/C=C/C(C)(C)NS(C)(=O)=O. The normalized spacial score (nSPS) is 24.8. The molecule has 1 heterocycles. The van der Waals surface area contributed by atoms with Gasteiger partial charge in [-0.2, -0.15) is 5.10 Å². The first-order valence-corrected chi connectivity index (χ1v) is 15.1. The molecule has 0 aliphatic heterocycles. The maximum Gasteiger partial charge on any atom is 0.405 e. The van der Waals surface area contributed by atoms with Gasteiger partial charge in [0.25, 0.3) is 5.91 Å². The van der Waals surface area contributed by atoms with E-state index in [1.165, 1.54) is 10.9 Å². The summed E-state index contributed by atoms with van der Waals surface area (Å²) < 4.78 is 39.0. The van der Waals surface area contributed by atoms with Crippen LogP contribution in [-0.4, -0.2) is 60.2 Å². The zero-order valence-corrected chi connectivity index (χ0v) is 24.1. The monoisotopic (exact) mass is 553 g/mol. The molecule has 214 valence electrons. The van der Waals surface area contributed by atoms with Crippen molar-refractivity contribution < 1.29 is 27.5 Å². The first kappa shape index (κ1) is 29.9. The third-order valence-corrected chi connectivity index (χ3v) is 8.08. The Bertz CT molecular complexity index is 1140. The average molecular weight is 554 g/mol. The van der Waals surface area contributed by atoms with Gasteiger partial charge in [0.2, 0.25) is 15.9 Å². The molecule has 0 aromatic carbocycles. The van der Waals surface area contributed by atoms with Gasteiger partial charge in [-0.25, -0.2) is 22.6 Å². The number of fused-ring (bicyclic) bond motifs is 2. The predicted molar refractivity (Wildman–Crippen MR) is 145 cm³/mol. The first-order chi connectivity index (χ1) is 17.6. The van der Waals surface area contributed by atoms with E-state index in [1.807, 2.05) is 20.8 Å². The molecular formula is C26H43N5O6S. The van der Waals surface area contributed by atoms with Crippen LogP contribution in [-0.2, 0) is 14.8 Å². The van der Waals surface area contributed by atoms with Gasteiger partial charge in [0.15, 0.2) is 0 Å². The molecule has 4 atom stereocenters. The van der Waals surface area contributed by atoms with Crippen LogP contribution < -0.4 is 20.5 Å². The number of sulfonamides is 1. The minimum absolute atomic E-state index is 0.134. The molecule has 1 aromatic heterocycles. The summed E-state index contributed by atoms with van der Waals surface area (Å²) in [7, 11) is -3.43. The van der Waals surface area contributed by atoms with Crippen LogP contribution in [0.1, 0.15) is 83.5 Å². The molecule has 12 heteroatoms. The number of primary amides is 1. The summed E-state index contributed by atoms with van der Waals surface area (Å²) in [6.45, 7) is 9.78. The smallest absolute Gasteiger partial charge is 0.405 e. The Kier molecular flexibility index (Phi) is 9.18. The minimum atomic E-state index is -3.43. The van der Waals surface area contributed by atoms with Crippen molar-refractivity contribution >= 4 is 28.2 Å². The summed E-state index contributed by atoms with van der Waals surface area (Å²) in [6, 6.07) is -0.172. The molecule has 2 amide bonds. The van der Waals surface area contributed by atoms with Crippen LogP contribution in [0.2, 0.25) is 0 Å². The van der Waals surface area contributed by atoms with E-state index in [0.717, 1.165) is 38.4 Å². The fourth-order valence-corrected chi connectivity index (χ4v) is 6.74. The summed E-state index contributed by atoms with van der Waals surface area (Å²) in [5, 5.41) is 7.43. The number of ether oxygens (including phenoxy) is 2. The number of nitrogens with two attached hydrogens (primary N) is 1. The number of nitrogens with zero attached hydrogens (tertiary/aromatic N) is 2. The zero-order valence-electron chi connectivity index (χ0n) is 23.3. The Morgan fingerprint density at radius 1 is 1.32 bits per heavy atom. The van der Waals surface area contributed by atoms with Crippen LogP contribution in [0.15, 0.2) is 12.3 Å². The molecule has 2 fully saturated rings. The topological polar surface area (TPSA) is 155 Å². The number of rotatable bonds is 11. The summed E-state index contributed by atoms with van der Waals surface area (Å²) in [5.74, 6) is 0.746. The standard InChI is InChI=1S/C26H43N5O6S/c1-17(2)16-36-23-21(15-28-31(23)11-10-25(4,5)30-38(6,34)35)22(32)29-18(3)20-12-19-8-7-9-26(13-19,14-20)37-24(27)33/h10-11,15,17-20,30H,7-9,12-14,16H2,1-6H3,(H2,27,33)(H,29,32)/b11-10+/t18?,19?,20?,26-/m1/s1. The second-order valence-electron chi connectivity index (χ2n) is 12.0. The van der Waals surface area contributed by atoms with Crippen molar-refractivity contribution in [1.29, 1.82) is 0 Å². The second-order valence-corrected chi connectivity index (χ2v) is 13.7. The summed E-state index contributed by atoms with van der Waals surface area (Å²) in [6.07, 6.45) is 10.3. The number of nitrogens with one attached hydrogen (secondary N) is 2. The summed E-state index contributed by atoms with van der Waals surface area (Å²) >= 11 is 0. The molecule has 0 saturated heterocycles. The summed E-state index contributed by atoms with van der Waals surface area (Å²) in [4.78, 5) is 25.0. The fourth-order valence-electron chi connectivity index (χ4n) is 5.72. The molecule has 0 spiro atoms. The van der Waals surface area contributed by atoms with Gasteiger partial charge < -0.3 is 20.5 Å². The Morgan fingerprint density at radius 3 is 2.66 bits per heavy atom. The molecule has 2 bridgehead atoms. The quantitative estimate of drug-likeness (QED) is 0.380. The van der Waals surface area contributed by atoms with Gasteiger partial charge in [0.05, 0.1) is 19.1 Å². The highest BCUT2D eigenvalue weighted by atomic mass is 32.2. The van der Waals surface area contributed by atoms with E-state index < -0.39 is 27.3 Å². The molecule has 4 N–H and O–H groups in total. The largest absolute Gasteiger partial charge is 0.477 e. The van der Waals surface area contributed by atoms with Gasteiger partial charge in [-0.05, 0) is 76.7 Å². The molecule has 0 radical (unpaired) electrons. The molecular weight excluding hydrogens is 510 g/mol. The maximum atomic E-state index is 13.4. The Balaban J connectivity index is 1.78. The van der Waals surface area contributed by atoms with E-state index >= 15 is 0 Å². The van der Waals surface area contributed by atoms with Gasteiger partial charge in [-0.1, -0.05) is 20.3 Å². The van der Waals surface area contributed by atoms with Gasteiger partial charge >= 0.3 is 6.09 Å². The zero-order chi connectivity index (χ0) is 28.3. The summed E-state index contributed by atoms with van der Waals surface area (Å²) in [5.41, 5.74) is 4.24. The molecule has 2 saturated carbocycles. The number of aromatic nitrogens is 2. The molecule has 2 aliphatic rings. The lowest BCUT2D eigenvalue weighted by atomic mass is 9.64. The highest BCUT2D eigenvalue weighted by Crippen LogP contribution is 2.48. The molecule has 3 unspecified atom stereocenters.